The van der Waals surface area contributed by atoms with Gasteiger partial charge in [-0.15, -0.1) is 0 Å². The maximum Gasteiger partial charge on any atom is 0.150 e. The van der Waals surface area contributed by atoms with Crippen LogP contribution in [-0.2, 0) is 0 Å². The number of rotatable bonds is 2. The van der Waals surface area contributed by atoms with E-state index in [1.165, 1.54) is 16.8 Å². The number of nitrogens with two attached hydrogens (primary N) is 2. The summed E-state index contributed by atoms with van der Waals surface area (Å²) in [6, 6.07) is 4.37. The van der Waals surface area contributed by atoms with Crippen molar-refractivity contribution in [1.29, 1.82) is 0 Å². The van der Waals surface area contributed by atoms with E-state index in [9.17, 15) is 4.39 Å². The van der Waals surface area contributed by atoms with Gasteiger partial charge in [-0.05, 0) is 34.1 Å². The second-order valence-corrected chi connectivity index (χ2v) is 5.21. The van der Waals surface area contributed by atoms with E-state index in [2.05, 4.69) is 20.9 Å². The molecule has 0 aliphatic carbocycles. The Labute approximate surface area is 113 Å². The third-order valence-corrected chi connectivity index (χ3v) is 3.33. The van der Waals surface area contributed by atoms with Gasteiger partial charge < -0.3 is 11.6 Å². The molecule has 0 saturated heterocycles. The topological polar surface area (TPSA) is 69.9 Å². The molecule has 4 N–H and O–H groups in total. The molecule has 0 atom stereocenters. The molecule has 0 radical (unpaired) electrons. The minimum atomic E-state index is -0.319. The number of hydrogen-bond donors (Lipinski definition) is 2. The van der Waals surface area contributed by atoms with Crippen LogP contribution in [0.3, 0.4) is 0 Å². The third-order valence-electron chi connectivity index (χ3n) is 2.68. The molecule has 1 heterocycles. The van der Waals surface area contributed by atoms with E-state index in [4.69, 9.17) is 11.6 Å². The lowest BCUT2D eigenvalue weighted by atomic mass is 10.1. The number of benzene rings is 1. The van der Waals surface area contributed by atoms with Crippen molar-refractivity contribution < 1.29 is 4.39 Å². The third kappa shape index (κ3) is 2.08. The van der Waals surface area contributed by atoms with E-state index in [0.717, 1.165) is 5.56 Å². The van der Waals surface area contributed by atoms with Crippen LogP contribution in [0.25, 0.3) is 11.3 Å². The highest BCUT2D eigenvalue weighted by molar-refractivity contribution is 9.10. The number of halogens is 2. The molecule has 1 aromatic carbocycles. The molecule has 0 unspecified atom stereocenters. The van der Waals surface area contributed by atoms with Crippen molar-refractivity contribution in [3.63, 3.8) is 0 Å². The lowest BCUT2D eigenvalue weighted by Crippen LogP contribution is -2.16. The van der Waals surface area contributed by atoms with Crippen molar-refractivity contribution >= 4 is 21.7 Å². The SMILES string of the molecule is CC(C)c1nc(-c2ccc(F)cc2Br)c(N)n1N. The Hall–Kier alpha value is -1.56. The first-order valence-electron chi connectivity index (χ1n) is 5.50. The number of nitrogens with zero attached hydrogens (tertiary/aromatic N) is 2. The molecule has 18 heavy (non-hydrogen) atoms. The van der Waals surface area contributed by atoms with Crippen LogP contribution in [0, 0.1) is 5.82 Å². The van der Waals surface area contributed by atoms with Crippen molar-refractivity contribution in [2.75, 3.05) is 11.6 Å². The van der Waals surface area contributed by atoms with Gasteiger partial charge in [0.25, 0.3) is 0 Å². The number of hydrogen-bond acceptors (Lipinski definition) is 3. The summed E-state index contributed by atoms with van der Waals surface area (Å²) >= 11 is 3.30. The van der Waals surface area contributed by atoms with Crippen LogP contribution < -0.4 is 11.6 Å². The zero-order chi connectivity index (χ0) is 13.4. The maximum atomic E-state index is 13.1. The van der Waals surface area contributed by atoms with Gasteiger partial charge in [-0.2, -0.15) is 0 Å². The van der Waals surface area contributed by atoms with Crippen molar-refractivity contribution in [2.24, 2.45) is 0 Å². The van der Waals surface area contributed by atoms with Crippen molar-refractivity contribution in [3.8, 4) is 11.3 Å². The Bertz CT molecular complexity index is 592. The van der Waals surface area contributed by atoms with Gasteiger partial charge in [-0.1, -0.05) is 13.8 Å². The molecule has 0 saturated carbocycles. The molecule has 0 spiro atoms. The molecule has 2 aromatic rings. The fourth-order valence-corrected chi connectivity index (χ4v) is 2.29. The van der Waals surface area contributed by atoms with E-state index in [1.54, 1.807) is 6.07 Å². The molecule has 0 aliphatic heterocycles. The van der Waals surface area contributed by atoms with Crippen molar-refractivity contribution in [3.05, 3.63) is 34.3 Å². The second-order valence-electron chi connectivity index (χ2n) is 4.35. The first kappa shape index (κ1) is 12.9. The Morgan fingerprint density at radius 3 is 2.56 bits per heavy atom. The summed E-state index contributed by atoms with van der Waals surface area (Å²) in [5.41, 5.74) is 7.23. The monoisotopic (exact) mass is 312 g/mol. The van der Waals surface area contributed by atoms with Crippen molar-refractivity contribution in [2.45, 2.75) is 19.8 Å². The van der Waals surface area contributed by atoms with Crippen LogP contribution in [0.4, 0.5) is 10.2 Å². The molecule has 0 aliphatic rings. The van der Waals surface area contributed by atoms with Gasteiger partial charge in [0.15, 0.2) is 5.82 Å². The quantitative estimate of drug-likeness (QED) is 0.838. The molecule has 6 heteroatoms. The molecule has 0 fully saturated rings. The molecule has 0 bridgehead atoms. The lowest BCUT2D eigenvalue weighted by molar-refractivity contribution is 0.627. The number of imidazole rings is 1. The first-order chi connectivity index (χ1) is 8.41. The van der Waals surface area contributed by atoms with Gasteiger partial charge in [-0.25, -0.2) is 14.1 Å². The summed E-state index contributed by atoms with van der Waals surface area (Å²) in [5.74, 6) is 6.76. The van der Waals surface area contributed by atoms with Gasteiger partial charge >= 0.3 is 0 Å². The highest BCUT2D eigenvalue weighted by Gasteiger charge is 2.18. The molecule has 0 amide bonds. The van der Waals surface area contributed by atoms with Crippen LogP contribution in [0.15, 0.2) is 22.7 Å². The summed E-state index contributed by atoms with van der Waals surface area (Å²) in [4.78, 5) is 4.43. The van der Waals surface area contributed by atoms with E-state index in [0.29, 0.717) is 21.8 Å². The van der Waals surface area contributed by atoms with E-state index < -0.39 is 0 Å². The zero-order valence-corrected chi connectivity index (χ0v) is 11.7. The second kappa shape index (κ2) is 4.61. The van der Waals surface area contributed by atoms with Crippen LogP contribution >= 0.6 is 15.9 Å². The molecule has 2 rings (SSSR count). The minimum Gasteiger partial charge on any atom is -0.382 e. The Balaban J connectivity index is 2.61. The number of aromatic nitrogens is 2. The van der Waals surface area contributed by atoms with Gasteiger partial charge in [0.1, 0.15) is 17.3 Å². The normalized spacial score (nSPS) is 11.2. The van der Waals surface area contributed by atoms with Gasteiger partial charge in [0.2, 0.25) is 0 Å². The average Bonchev–Trinajstić information content (AvgIpc) is 2.57. The first-order valence-corrected chi connectivity index (χ1v) is 6.29. The molecular formula is C12H14BrFN4. The number of nitrogen functional groups attached to an aromatic ring is 2. The predicted octanol–water partition coefficient (Wildman–Crippen LogP) is 2.87. The van der Waals surface area contributed by atoms with Gasteiger partial charge in [-0.3, -0.25) is 0 Å². The highest BCUT2D eigenvalue weighted by atomic mass is 79.9. The van der Waals surface area contributed by atoms with E-state index >= 15 is 0 Å². The fraction of sp³-hybridized carbons (Fsp3) is 0.250. The highest BCUT2D eigenvalue weighted by Crippen LogP contribution is 2.33. The predicted molar refractivity (Wildman–Crippen MR) is 74.0 cm³/mol. The standard InChI is InChI=1S/C12H14BrFN4/c1-6(2)12-17-10(11(15)18(12)16)8-4-3-7(14)5-9(8)13/h3-6H,15-16H2,1-2H3. The summed E-state index contributed by atoms with van der Waals surface area (Å²) in [7, 11) is 0. The zero-order valence-electron chi connectivity index (χ0n) is 10.1. The largest absolute Gasteiger partial charge is 0.382 e. The fourth-order valence-electron chi connectivity index (χ4n) is 1.75. The lowest BCUT2D eigenvalue weighted by Gasteiger charge is -2.04. The maximum absolute atomic E-state index is 13.1. The van der Waals surface area contributed by atoms with Crippen LogP contribution in [0.2, 0.25) is 0 Å². The summed E-state index contributed by atoms with van der Waals surface area (Å²) in [5, 5.41) is 0. The van der Waals surface area contributed by atoms with Gasteiger partial charge in [0.05, 0.1) is 0 Å². The molecule has 4 nitrogen and oxygen atoms in total. The average molecular weight is 313 g/mol. The minimum absolute atomic E-state index is 0.158. The Morgan fingerprint density at radius 1 is 1.39 bits per heavy atom. The molecule has 96 valence electrons. The smallest absolute Gasteiger partial charge is 0.150 e. The summed E-state index contributed by atoms with van der Waals surface area (Å²) in [6.07, 6.45) is 0. The Morgan fingerprint density at radius 2 is 2.06 bits per heavy atom. The van der Waals surface area contributed by atoms with Gasteiger partial charge in [0, 0.05) is 16.0 Å². The molecule has 1 aromatic heterocycles. The van der Waals surface area contributed by atoms with E-state index in [1.807, 2.05) is 13.8 Å². The van der Waals surface area contributed by atoms with Crippen LogP contribution in [-0.4, -0.2) is 9.66 Å². The Kier molecular flexibility index (Phi) is 3.30. The summed E-state index contributed by atoms with van der Waals surface area (Å²) in [6.45, 7) is 3.96. The summed E-state index contributed by atoms with van der Waals surface area (Å²) < 4.78 is 15.0. The van der Waals surface area contributed by atoms with Crippen molar-refractivity contribution in [1.82, 2.24) is 9.66 Å². The number of anilines is 1. The van der Waals surface area contributed by atoms with E-state index in [-0.39, 0.29) is 11.7 Å². The van der Waals surface area contributed by atoms with Crippen LogP contribution in [0.5, 0.6) is 0 Å². The van der Waals surface area contributed by atoms with Crippen LogP contribution in [0.1, 0.15) is 25.6 Å². The molecular weight excluding hydrogens is 299 g/mol.